The summed E-state index contributed by atoms with van der Waals surface area (Å²) in [4.78, 5) is 43.8. The van der Waals surface area contributed by atoms with Gasteiger partial charge in [-0.2, -0.15) is 0 Å². The molecule has 3 aliphatic rings. The molecule has 7 rings (SSSR count). The first-order valence-electron chi connectivity index (χ1n) is 16.5. The van der Waals surface area contributed by atoms with E-state index < -0.39 is 5.41 Å². The second-order valence-electron chi connectivity index (χ2n) is 13.6. The number of imidazole rings is 1. The normalized spacial score (nSPS) is 22.9. The number of nitrogens with zero attached hydrogens (tertiary/aromatic N) is 6. The largest absolute Gasteiger partial charge is 0.378 e. The van der Waals surface area contributed by atoms with Crippen LogP contribution in [0.3, 0.4) is 0 Å². The van der Waals surface area contributed by atoms with E-state index in [1.807, 2.05) is 49.4 Å². The quantitative estimate of drug-likeness (QED) is 0.357. The molecule has 0 radical (unpaired) electrons. The maximum absolute atomic E-state index is 13.6. The fourth-order valence-corrected chi connectivity index (χ4v) is 7.01. The molecular weight excluding hydrogens is 568 g/mol. The minimum atomic E-state index is -0.409. The summed E-state index contributed by atoms with van der Waals surface area (Å²) in [7, 11) is 2.00. The smallest absolute Gasteiger partial charge is 0.255 e. The number of aryl methyl sites for hydroxylation is 2. The highest BCUT2D eigenvalue weighted by atomic mass is 16.5. The van der Waals surface area contributed by atoms with Gasteiger partial charge in [0.1, 0.15) is 11.2 Å². The molecule has 11 nitrogen and oxygen atoms in total. The van der Waals surface area contributed by atoms with Gasteiger partial charge in [0.2, 0.25) is 5.91 Å². The number of morpholine rings is 1. The van der Waals surface area contributed by atoms with Crippen LogP contribution in [0.25, 0.3) is 33.7 Å². The minimum Gasteiger partial charge on any atom is -0.378 e. The number of ether oxygens (including phenoxy) is 1. The van der Waals surface area contributed by atoms with Crippen LogP contribution >= 0.6 is 0 Å². The third-order valence-corrected chi connectivity index (χ3v) is 9.83. The van der Waals surface area contributed by atoms with Crippen LogP contribution in [0, 0.1) is 5.41 Å². The predicted octanol–water partition coefficient (Wildman–Crippen LogP) is 4.14. The number of hydrogen-bond donors (Lipinski definition) is 2. The summed E-state index contributed by atoms with van der Waals surface area (Å²) in [5, 5.41) is 7.70. The van der Waals surface area contributed by atoms with Crippen LogP contribution in [0.2, 0.25) is 0 Å². The molecule has 238 valence electrons. The van der Waals surface area contributed by atoms with E-state index in [-0.39, 0.29) is 23.9 Å². The number of nitrogens with one attached hydrogen (secondary N) is 2. The summed E-state index contributed by atoms with van der Waals surface area (Å²) in [6, 6.07) is 8.12. The molecule has 0 unspecified atom stereocenters. The Morgan fingerprint density at radius 2 is 1.87 bits per heavy atom. The molecule has 1 fully saturated rings. The van der Waals surface area contributed by atoms with Crippen LogP contribution in [-0.4, -0.2) is 79.7 Å². The molecule has 2 bridgehead atoms. The summed E-state index contributed by atoms with van der Waals surface area (Å²) < 4.78 is 9.93. The Hall–Kier alpha value is -3.83. The third-order valence-electron chi connectivity index (χ3n) is 9.83. The molecule has 3 aliphatic heterocycles. The lowest BCUT2D eigenvalue weighted by Crippen LogP contribution is -2.51. The fraction of sp³-hybridized carbons (Fsp3) is 0.559. The minimum absolute atomic E-state index is 0.00817. The number of amides is 2. The van der Waals surface area contributed by atoms with E-state index in [0.29, 0.717) is 43.8 Å². The van der Waals surface area contributed by atoms with Crippen molar-refractivity contribution in [1.29, 1.82) is 0 Å². The Bertz CT molecular complexity index is 1770. The predicted molar refractivity (Wildman–Crippen MR) is 173 cm³/mol. The first-order valence-corrected chi connectivity index (χ1v) is 16.5. The summed E-state index contributed by atoms with van der Waals surface area (Å²) in [5.74, 6) is 0.881. The molecule has 0 aromatic carbocycles. The maximum atomic E-state index is 13.6. The van der Waals surface area contributed by atoms with Crippen LogP contribution in [-0.2, 0) is 29.5 Å². The van der Waals surface area contributed by atoms with Crippen molar-refractivity contribution in [1.82, 2.24) is 39.6 Å². The molecule has 0 spiro atoms. The molecule has 2 atom stereocenters. The Balaban J connectivity index is 1.25. The average Bonchev–Trinajstić information content (AvgIpc) is 3.55. The standard InChI is InChI=1S/C34H44N8O3/c1-21-25-10-9-22-17-28(42(29(22)37-25)14-8-6-5-7-12-34(2,3)33(44)36-21)31-39-27-18-24-26(38-30(27)40(31)4)11-15-41(32(24)43)19-23-20-45-16-13-35-23/h9-10,17-18,21,23,35H,5-8,11-16,19-20H2,1-4H3,(H,36,44)/t21-,23+/m1/s1. The molecule has 4 aromatic rings. The average molecular weight is 613 g/mol. The van der Waals surface area contributed by atoms with Crippen LogP contribution in [0.4, 0.5) is 0 Å². The van der Waals surface area contributed by atoms with Gasteiger partial charge in [0.25, 0.3) is 5.91 Å². The van der Waals surface area contributed by atoms with E-state index >= 15 is 0 Å². The van der Waals surface area contributed by atoms with Crippen molar-refractivity contribution in [2.75, 3.05) is 32.8 Å². The van der Waals surface area contributed by atoms with E-state index in [2.05, 4.69) is 27.3 Å². The SMILES string of the molecule is C[C@H]1NC(=O)C(C)(C)CCCCCCn2c(-c3nc4cc5c(nc4n3C)CCN(C[C@H]3COCCN3)C5=O)cc3ccc1nc32. The van der Waals surface area contributed by atoms with Gasteiger partial charge in [-0.3, -0.25) is 9.59 Å². The van der Waals surface area contributed by atoms with Crippen molar-refractivity contribution >= 4 is 34.0 Å². The van der Waals surface area contributed by atoms with Gasteiger partial charge >= 0.3 is 0 Å². The number of carbonyl (C=O) groups is 2. The van der Waals surface area contributed by atoms with E-state index in [9.17, 15) is 9.59 Å². The fourth-order valence-electron chi connectivity index (χ4n) is 7.01. The van der Waals surface area contributed by atoms with Gasteiger partial charge < -0.3 is 29.4 Å². The maximum Gasteiger partial charge on any atom is 0.255 e. The van der Waals surface area contributed by atoms with Crippen molar-refractivity contribution in [3.8, 4) is 11.5 Å². The summed E-state index contributed by atoms with van der Waals surface area (Å²) >= 11 is 0. The van der Waals surface area contributed by atoms with Crippen molar-refractivity contribution in [2.45, 2.75) is 77.9 Å². The zero-order chi connectivity index (χ0) is 31.3. The third kappa shape index (κ3) is 5.61. The molecule has 0 aliphatic carbocycles. The molecular formula is C34H44N8O3. The monoisotopic (exact) mass is 612 g/mol. The van der Waals surface area contributed by atoms with E-state index in [1.165, 1.54) is 0 Å². The lowest BCUT2D eigenvalue weighted by Gasteiger charge is -2.33. The van der Waals surface area contributed by atoms with Crippen LogP contribution in [0.1, 0.15) is 80.7 Å². The first-order chi connectivity index (χ1) is 21.7. The summed E-state index contributed by atoms with van der Waals surface area (Å²) in [6.07, 6.45) is 5.76. The highest BCUT2D eigenvalue weighted by Gasteiger charge is 2.31. The second-order valence-corrected chi connectivity index (χ2v) is 13.6. The number of pyridine rings is 2. The van der Waals surface area contributed by atoms with Crippen molar-refractivity contribution < 1.29 is 14.3 Å². The van der Waals surface area contributed by atoms with Gasteiger partial charge in [-0.15, -0.1) is 0 Å². The molecule has 1 saturated heterocycles. The molecule has 2 N–H and O–H groups in total. The lowest BCUT2D eigenvalue weighted by atomic mass is 9.85. The highest BCUT2D eigenvalue weighted by Crippen LogP contribution is 2.33. The summed E-state index contributed by atoms with van der Waals surface area (Å²) in [6.45, 7) is 10.3. The topological polar surface area (TPSA) is 119 Å². The van der Waals surface area contributed by atoms with Crippen LogP contribution in [0.5, 0.6) is 0 Å². The van der Waals surface area contributed by atoms with Crippen molar-refractivity contribution in [2.24, 2.45) is 12.5 Å². The van der Waals surface area contributed by atoms with Crippen LogP contribution in [0.15, 0.2) is 24.3 Å². The number of fused-ring (bicyclic) bond motifs is 3. The molecule has 0 saturated carbocycles. The first kappa shape index (κ1) is 29.9. The Morgan fingerprint density at radius 3 is 2.69 bits per heavy atom. The zero-order valence-corrected chi connectivity index (χ0v) is 26.9. The van der Waals surface area contributed by atoms with Crippen molar-refractivity contribution in [3.05, 3.63) is 41.2 Å². The Kier molecular flexibility index (Phi) is 7.85. The zero-order valence-electron chi connectivity index (χ0n) is 26.9. The van der Waals surface area contributed by atoms with Gasteiger partial charge in [0, 0.05) is 56.5 Å². The molecule has 11 heteroatoms. The Labute approximate surface area is 263 Å². The lowest BCUT2D eigenvalue weighted by molar-refractivity contribution is -0.130. The van der Waals surface area contributed by atoms with Crippen molar-refractivity contribution in [3.63, 3.8) is 0 Å². The second kappa shape index (κ2) is 11.8. The van der Waals surface area contributed by atoms with Gasteiger partial charge in [-0.1, -0.05) is 33.1 Å². The summed E-state index contributed by atoms with van der Waals surface area (Å²) in [5.41, 5.74) is 5.27. The number of aromatic nitrogens is 5. The van der Waals surface area contributed by atoms with Gasteiger partial charge in [-0.05, 0) is 44.0 Å². The number of carbonyl (C=O) groups excluding carboxylic acids is 2. The molecule has 2 amide bonds. The highest BCUT2D eigenvalue weighted by molar-refractivity contribution is 5.99. The van der Waals surface area contributed by atoms with E-state index in [4.69, 9.17) is 19.7 Å². The Morgan fingerprint density at radius 1 is 1.02 bits per heavy atom. The number of rotatable bonds is 3. The molecule has 7 heterocycles. The number of hydrogen-bond acceptors (Lipinski definition) is 7. The molecule has 4 aromatic heterocycles. The molecule has 45 heavy (non-hydrogen) atoms. The van der Waals surface area contributed by atoms with E-state index in [0.717, 1.165) is 84.8 Å². The van der Waals surface area contributed by atoms with E-state index in [1.54, 1.807) is 0 Å². The van der Waals surface area contributed by atoms with Gasteiger partial charge in [0.15, 0.2) is 11.5 Å². The van der Waals surface area contributed by atoms with Gasteiger partial charge in [0.05, 0.1) is 41.9 Å². The van der Waals surface area contributed by atoms with Crippen LogP contribution < -0.4 is 10.6 Å². The van der Waals surface area contributed by atoms with Gasteiger partial charge in [-0.25, -0.2) is 15.0 Å².